The predicted octanol–water partition coefficient (Wildman–Crippen LogP) is 0.173. The van der Waals surface area contributed by atoms with Crippen LogP contribution in [0.5, 0.6) is 0 Å². The Labute approximate surface area is 199 Å². The van der Waals surface area contributed by atoms with E-state index < -0.39 is 60.2 Å². The fraction of sp³-hybridized carbons (Fsp3) is 0.762. The highest BCUT2D eigenvalue weighted by Crippen LogP contribution is 2.09. The van der Waals surface area contributed by atoms with Crippen molar-refractivity contribution < 1.29 is 34.2 Å². The molecule has 0 aliphatic heterocycles. The van der Waals surface area contributed by atoms with E-state index in [1.807, 2.05) is 34.0 Å². The molecule has 0 rings (SSSR count). The molecule has 7 N–H and O–H groups in total. The van der Waals surface area contributed by atoms with Gasteiger partial charge in [-0.15, -0.1) is 0 Å². The normalized spacial score (nSPS) is 14.8. The first-order valence-corrected chi connectivity index (χ1v) is 12.3. The zero-order valence-electron chi connectivity index (χ0n) is 19.9. The van der Waals surface area contributed by atoms with Crippen LogP contribution in [0.1, 0.15) is 53.4 Å². The number of rotatable bonds is 16. The molecule has 0 aliphatic rings. The Bertz CT molecular complexity index is 688. The Morgan fingerprint density at radius 2 is 1.27 bits per heavy atom. The van der Waals surface area contributed by atoms with Crippen molar-refractivity contribution >= 4 is 41.4 Å². The molecule has 12 heteroatoms. The molecule has 0 aromatic carbocycles. The van der Waals surface area contributed by atoms with E-state index in [0.717, 1.165) is 0 Å². The molecule has 0 spiro atoms. The SMILES string of the molecule is CSCCC(NC(=O)C(N)CC(C)C)C(=O)NC(CC(C)C)C(=O)NC(CC(=O)O)C(=O)O. The number of thioether (sulfide) groups is 1. The Balaban J connectivity index is 5.47. The molecule has 0 aromatic heterocycles. The molecule has 190 valence electrons. The molecule has 0 aliphatic carbocycles. The van der Waals surface area contributed by atoms with Crippen molar-refractivity contribution in [2.75, 3.05) is 12.0 Å². The number of nitrogens with two attached hydrogens (primary N) is 1. The number of carbonyl (C=O) groups is 5. The van der Waals surface area contributed by atoms with Gasteiger partial charge in [-0.2, -0.15) is 11.8 Å². The van der Waals surface area contributed by atoms with Crippen molar-refractivity contribution in [3.05, 3.63) is 0 Å². The quantitative estimate of drug-likeness (QED) is 0.175. The van der Waals surface area contributed by atoms with Crippen LogP contribution in [0.3, 0.4) is 0 Å². The second kappa shape index (κ2) is 15.5. The average molecular weight is 491 g/mol. The summed E-state index contributed by atoms with van der Waals surface area (Å²) in [7, 11) is 0. The van der Waals surface area contributed by atoms with Gasteiger partial charge in [0.1, 0.15) is 18.1 Å². The minimum Gasteiger partial charge on any atom is -0.481 e. The van der Waals surface area contributed by atoms with Crippen molar-refractivity contribution in [3.63, 3.8) is 0 Å². The van der Waals surface area contributed by atoms with Gasteiger partial charge in [-0.05, 0) is 43.1 Å². The number of nitrogens with one attached hydrogen (secondary N) is 3. The molecule has 0 heterocycles. The third kappa shape index (κ3) is 13.1. The molecule has 0 radical (unpaired) electrons. The smallest absolute Gasteiger partial charge is 0.326 e. The van der Waals surface area contributed by atoms with Crippen molar-refractivity contribution in [3.8, 4) is 0 Å². The van der Waals surface area contributed by atoms with Gasteiger partial charge in [-0.3, -0.25) is 19.2 Å². The van der Waals surface area contributed by atoms with E-state index in [-0.39, 0.29) is 18.3 Å². The van der Waals surface area contributed by atoms with Crippen LogP contribution < -0.4 is 21.7 Å². The lowest BCUT2D eigenvalue weighted by Gasteiger charge is -2.26. The molecule has 0 saturated heterocycles. The second-order valence-corrected chi connectivity index (χ2v) is 9.75. The van der Waals surface area contributed by atoms with Gasteiger partial charge in [0.25, 0.3) is 0 Å². The first-order valence-electron chi connectivity index (χ1n) is 10.9. The summed E-state index contributed by atoms with van der Waals surface area (Å²) in [4.78, 5) is 60.3. The van der Waals surface area contributed by atoms with E-state index in [0.29, 0.717) is 18.6 Å². The first-order chi connectivity index (χ1) is 15.3. The van der Waals surface area contributed by atoms with Crippen molar-refractivity contribution in [1.29, 1.82) is 0 Å². The monoisotopic (exact) mass is 490 g/mol. The molecular formula is C21H38N4O7S. The topological polar surface area (TPSA) is 188 Å². The standard InChI is InChI=1S/C21H38N4O7S/c1-11(2)8-13(22)18(28)23-14(6-7-33-5)19(29)24-15(9-12(3)4)20(30)25-16(21(31)32)10-17(26)27/h11-16H,6-10,22H2,1-5H3,(H,23,28)(H,24,29)(H,25,30)(H,26,27)(H,31,32). The number of carbonyl (C=O) groups excluding carboxylic acids is 3. The van der Waals surface area contributed by atoms with E-state index in [2.05, 4.69) is 16.0 Å². The number of aliphatic carboxylic acids is 2. The first kappa shape index (κ1) is 30.7. The summed E-state index contributed by atoms with van der Waals surface area (Å²) in [5.74, 6) is -4.04. The van der Waals surface area contributed by atoms with E-state index in [1.165, 1.54) is 11.8 Å². The van der Waals surface area contributed by atoms with E-state index in [1.54, 1.807) is 0 Å². The summed E-state index contributed by atoms with van der Waals surface area (Å²) in [6.07, 6.45) is 1.99. The zero-order chi connectivity index (χ0) is 25.7. The molecule has 11 nitrogen and oxygen atoms in total. The molecule has 0 fully saturated rings. The second-order valence-electron chi connectivity index (χ2n) is 8.77. The maximum atomic E-state index is 13.0. The fourth-order valence-electron chi connectivity index (χ4n) is 3.02. The van der Waals surface area contributed by atoms with Crippen LogP contribution in [0.4, 0.5) is 0 Å². The average Bonchev–Trinajstić information content (AvgIpc) is 2.68. The highest BCUT2D eigenvalue weighted by molar-refractivity contribution is 7.98. The minimum atomic E-state index is -1.64. The lowest BCUT2D eigenvalue weighted by atomic mass is 10.0. The zero-order valence-corrected chi connectivity index (χ0v) is 20.7. The van der Waals surface area contributed by atoms with Gasteiger partial charge in [0, 0.05) is 0 Å². The molecule has 0 saturated carbocycles. The molecule has 3 amide bonds. The molecule has 0 aromatic rings. The number of amides is 3. The van der Waals surface area contributed by atoms with Crippen LogP contribution in [0, 0.1) is 11.8 Å². The number of carboxylic acids is 2. The van der Waals surface area contributed by atoms with E-state index in [4.69, 9.17) is 10.8 Å². The minimum absolute atomic E-state index is 0.0393. The maximum Gasteiger partial charge on any atom is 0.326 e. The van der Waals surface area contributed by atoms with Crippen LogP contribution >= 0.6 is 11.8 Å². The van der Waals surface area contributed by atoms with Crippen LogP contribution in [0.25, 0.3) is 0 Å². The van der Waals surface area contributed by atoms with Gasteiger partial charge in [-0.1, -0.05) is 27.7 Å². The maximum absolute atomic E-state index is 13.0. The summed E-state index contributed by atoms with van der Waals surface area (Å²) in [5, 5.41) is 25.5. The lowest BCUT2D eigenvalue weighted by molar-refractivity contribution is -0.147. The van der Waals surface area contributed by atoms with Crippen LogP contribution in [-0.4, -0.2) is 76.0 Å². The van der Waals surface area contributed by atoms with Crippen molar-refractivity contribution in [2.24, 2.45) is 17.6 Å². The molecule has 0 bridgehead atoms. The molecule has 33 heavy (non-hydrogen) atoms. The number of hydrogen-bond acceptors (Lipinski definition) is 7. The highest BCUT2D eigenvalue weighted by atomic mass is 32.2. The number of hydrogen-bond donors (Lipinski definition) is 6. The van der Waals surface area contributed by atoms with Gasteiger partial charge >= 0.3 is 11.9 Å². The molecule has 4 atom stereocenters. The summed E-state index contributed by atoms with van der Waals surface area (Å²) in [6, 6.07) is -4.45. The summed E-state index contributed by atoms with van der Waals surface area (Å²) >= 11 is 1.48. The van der Waals surface area contributed by atoms with Gasteiger partial charge in [0.2, 0.25) is 17.7 Å². The predicted molar refractivity (Wildman–Crippen MR) is 126 cm³/mol. The van der Waals surface area contributed by atoms with Gasteiger partial charge in [-0.25, -0.2) is 4.79 Å². The van der Waals surface area contributed by atoms with Gasteiger partial charge in [0.15, 0.2) is 0 Å². The van der Waals surface area contributed by atoms with Crippen molar-refractivity contribution in [1.82, 2.24) is 16.0 Å². The summed E-state index contributed by atoms with van der Waals surface area (Å²) in [5.41, 5.74) is 5.92. The third-order valence-corrected chi connectivity index (χ3v) is 5.28. The van der Waals surface area contributed by atoms with Crippen LogP contribution in [0.2, 0.25) is 0 Å². The Morgan fingerprint density at radius 1 is 0.788 bits per heavy atom. The third-order valence-electron chi connectivity index (χ3n) is 4.64. The van der Waals surface area contributed by atoms with Crippen molar-refractivity contribution in [2.45, 2.75) is 77.5 Å². The van der Waals surface area contributed by atoms with Gasteiger partial charge < -0.3 is 31.9 Å². The largest absolute Gasteiger partial charge is 0.481 e. The lowest BCUT2D eigenvalue weighted by Crippen LogP contribution is -2.57. The molecular weight excluding hydrogens is 452 g/mol. The van der Waals surface area contributed by atoms with Crippen LogP contribution in [0.15, 0.2) is 0 Å². The highest BCUT2D eigenvalue weighted by Gasteiger charge is 2.31. The Kier molecular flexibility index (Phi) is 14.4. The summed E-state index contributed by atoms with van der Waals surface area (Å²) in [6.45, 7) is 7.48. The fourth-order valence-corrected chi connectivity index (χ4v) is 3.49. The van der Waals surface area contributed by atoms with E-state index >= 15 is 0 Å². The van der Waals surface area contributed by atoms with Crippen LogP contribution in [-0.2, 0) is 24.0 Å². The summed E-state index contributed by atoms with van der Waals surface area (Å²) < 4.78 is 0. The number of carboxylic acid groups (broad SMARTS) is 2. The Hall–Kier alpha value is -2.34. The molecule has 4 unspecified atom stereocenters. The van der Waals surface area contributed by atoms with E-state index in [9.17, 15) is 29.1 Å². The van der Waals surface area contributed by atoms with Gasteiger partial charge in [0.05, 0.1) is 12.5 Å². The Morgan fingerprint density at radius 3 is 1.73 bits per heavy atom.